The first-order valence-corrected chi connectivity index (χ1v) is 23.6. The van der Waals surface area contributed by atoms with Gasteiger partial charge in [0.05, 0.1) is 22.4 Å². The van der Waals surface area contributed by atoms with Crippen LogP contribution in [0, 0.1) is 6.92 Å². The van der Waals surface area contributed by atoms with Crippen LogP contribution in [0.4, 0.5) is 0 Å². The van der Waals surface area contributed by atoms with Gasteiger partial charge in [0.1, 0.15) is 11.2 Å². The van der Waals surface area contributed by atoms with Crippen molar-refractivity contribution in [1.82, 2.24) is 14.5 Å². The zero-order valence-electron chi connectivity index (χ0n) is 36.7. The first kappa shape index (κ1) is 39.1. The van der Waals surface area contributed by atoms with Crippen molar-refractivity contribution in [2.45, 2.75) is 19.8 Å². The van der Waals surface area contributed by atoms with Gasteiger partial charge >= 0.3 is 0 Å². The summed E-state index contributed by atoms with van der Waals surface area (Å²) >= 11 is 1.83. The number of hydrogen-bond donors (Lipinski definition) is 0. The number of aromatic nitrogens is 3. The maximum Gasteiger partial charge on any atom is 0.135 e. The van der Waals surface area contributed by atoms with Crippen molar-refractivity contribution >= 4 is 94.0 Å². The Bertz CT molecular complexity index is 4030. The number of nitrogens with zero attached hydrogens (tertiary/aromatic N) is 3. The lowest BCUT2D eigenvalue weighted by atomic mass is 9.91. The Hall–Kier alpha value is -8.34. The van der Waals surface area contributed by atoms with Crippen LogP contribution in [-0.4, -0.2) is 14.5 Å². The Kier molecular flexibility index (Phi) is 9.31. The summed E-state index contributed by atoms with van der Waals surface area (Å²) in [6, 6.07) is 54.5. The summed E-state index contributed by atoms with van der Waals surface area (Å²) in [5, 5.41) is 5.83. The normalized spacial score (nSPS) is 14.3. The third-order valence-electron chi connectivity index (χ3n) is 13.3. The highest BCUT2D eigenvalue weighted by Gasteiger charge is 2.19. The average molecular weight is 876 g/mol. The van der Waals surface area contributed by atoms with Crippen molar-refractivity contribution in [1.29, 1.82) is 0 Å². The molecule has 0 spiro atoms. The lowest BCUT2D eigenvalue weighted by molar-refractivity contribution is 0.669. The SMILES string of the molecule is Cc1ccnc(C2=CC/C=C\CC=C2c2ccc3oc4ccc(-n5c6ccccc6c6cc(C7=C=Cc8c(sc9ccc(-c%10ccccc%10-c%10ccccn%10)cc89)C=C7)ccc65)cc4c3c2)c1. The van der Waals surface area contributed by atoms with Crippen LogP contribution in [-0.2, 0) is 0 Å². The quantitative estimate of drug-likeness (QED) is 0.123. The fourth-order valence-corrected chi connectivity index (χ4v) is 11.1. The minimum Gasteiger partial charge on any atom is -0.456 e. The molecule has 0 aliphatic heterocycles. The molecule has 0 atom stereocenters. The Labute approximate surface area is 391 Å². The van der Waals surface area contributed by atoms with Gasteiger partial charge in [-0.2, -0.15) is 0 Å². The fourth-order valence-electron chi connectivity index (χ4n) is 10.1. The molecule has 67 heavy (non-hydrogen) atoms. The smallest absolute Gasteiger partial charge is 0.135 e. The first-order chi connectivity index (χ1) is 33.1. The predicted octanol–water partition coefficient (Wildman–Crippen LogP) is 16.9. The van der Waals surface area contributed by atoms with E-state index in [0.29, 0.717) is 0 Å². The van der Waals surface area contributed by atoms with Crippen LogP contribution in [0.3, 0.4) is 0 Å². The van der Waals surface area contributed by atoms with E-state index in [4.69, 9.17) is 9.40 Å². The molecule has 0 bridgehead atoms. The number of furan rings is 1. The molecule has 0 amide bonds. The van der Waals surface area contributed by atoms with Crippen LogP contribution in [0.5, 0.6) is 0 Å². The fraction of sp³-hybridized carbons (Fsp3) is 0.0484. The summed E-state index contributed by atoms with van der Waals surface area (Å²) in [5.74, 6) is 0. The summed E-state index contributed by atoms with van der Waals surface area (Å²) in [6.07, 6.45) is 21.3. The summed E-state index contributed by atoms with van der Waals surface area (Å²) in [6.45, 7) is 2.13. The number of pyridine rings is 2. The van der Waals surface area contributed by atoms with Crippen molar-refractivity contribution in [2.75, 3.05) is 0 Å². The highest BCUT2D eigenvalue weighted by molar-refractivity contribution is 7.20. The minimum atomic E-state index is 0.865. The van der Waals surface area contributed by atoms with Crippen LogP contribution in [0.2, 0.25) is 0 Å². The van der Waals surface area contributed by atoms with Gasteiger partial charge in [-0.05, 0) is 156 Å². The molecule has 0 fully saturated rings. The van der Waals surface area contributed by atoms with Gasteiger partial charge in [-0.1, -0.05) is 91.0 Å². The topological polar surface area (TPSA) is 43.9 Å². The molecule has 316 valence electrons. The number of allylic oxidation sites excluding steroid dienone is 8. The van der Waals surface area contributed by atoms with Crippen LogP contribution in [0.15, 0.2) is 205 Å². The Balaban J connectivity index is 0.887. The van der Waals surface area contributed by atoms with E-state index in [1.54, 1.807) is 0 Å². The van der Waals surface area contributed by atoms with Crippen molar-refractivity contribution in [3.8, 4) is 28.1 Å². The average Bonchev–Trinajstić information content (AvgIpc) is 3.96. The van der Waals surface area contributed by atoms with E-state index >= 15 is 0 Å². The van der Waals surface area contributed by atoms with E-state index in [2.05, 4.69) is 204 Å². The predicted molar refractivity (Wildman–Crippen MR) is 282 cm³/mol. The maximum absolute atomic E-state index is 6.51. The molecule has 0 radical (unpaired) electrons. The van der Waals surface area contributed by atoms with E-state index in [1.165, 1.54) is 53.6 Å². The second-order valence-electron chi connectivity index (χ2n) is 17.4. The molecular weight excluding hydrogens is 835 g/mol. The van der Waals surface area contributed by atoms with Gasteiger partial charge in [0, 0.05) is 76.9 Å². The second kappa shape index (κ2) is 16.0. The number of aryl methyl sites for hydroxylation is 1. The van der Waals surface area contributed by atoms with Crippen LogP contribution >= 0.6 is 11.3 Å². The third-order valence-corrected chi connectivity index (χ3v) is 14.4. The number of benzene rings is 6. The number of fused-ring (bicyclic) bond motifs is 9. The monoisotopic (exact) mass is 875 g/mol. The van der Waals surface area contributed by atoms with Gasteiger partial charge in [0.2, 0.25) is 0 Å². The molecule has 2 aliphatic carbocycles. The van der Waals surface area contributed by atoms with Crippen molar-refractivity contribution in [3.05, 3.63) is 233 Å². The summed E-state index contributed by atoms with van der Waals surface area (Å²) in [4.78, 5) is 10.7. The van der Waals surface area contributed by atoms with Gasteiger partial charge in [0.15, 0.2) is 0 Å². The molecule has 5 heterocycles. The van der Waals surface area contributed by atoms with E-state index in [-0.39, 0.29) is 0 Å². The maximum atomic E-state index is 6.51. The Morgan fingerprint density at radius 2 is 1.28 bits per heavy atom. The molecule has 5 heteroatoms. The molecular formula is C62H41N3OS. The summed E-state index contributed by atoms with van der Waals surface area (Å²) in [5.41, 5.74) is 22.4. The summed E-state index contributed by atoms with van der Waals surface area (Å²) < 4.78 is 10.2. The Morgan fingerprint density at radius 3 is 2.16 bits per heavy atom. The van der Waals surface area contributed by atoms with Gasteiger partial charge in [-0.15, -0.1) is 17.1 Å². The number of thiophene rings is 1. The van der Waals surface area contributed by atoms with Crippen molar-refractivity contribution in [3.63, 3.8) is 0 Å². The number of rotatable bonds is 6. The van der Waals surface area contributed by atoms with E-state index in [0.717, 1.165) is 90.7 Å². The van der Waals surface area contributed by atoms with Gasteiger partial charge < -0.3 is 8.98 Å². The van der Waals surface area contributed by atoms with E-state index in [9.17, 15) is 0 Å². The lowest BCUT2D eigenvalue weighted by Gasteiger charge is -2.15. The van der Waals surface area contributed by atoms with E-state index in [1.807, 2.05) is 35.9 Å². The van der Waals surface area contributed by atoms with Crippen LogP contribution < -0.4 is 0 Å². The molecule has 2 aliphatic rings. The molecule has 6 aromatic carbocycles. The highest BCUT2D eigenvalue weighted by atomic mass is 32.1. The molecule has 11 aromatic rings. The molecule has 13 rings (SSSR count). The number of para-hydroxylation sites is 1. The minimum absolute atomic E-state index is 0.865. The van der Waals surface area contributed by atoms with E-state index < -0.39 is 0 Å². The Morgan fingerprint density at radius 1 is 0.552 bits per heavy atom. The zero-order valence-corrected chi connectivity index (χ0v) is 37.5. The first-order valence-electron chi connectivity index (χ1n) is 22.8. The summed E-state index contributed by atoms with van der Waals surface area (Å²) in [7, 11) is 0. The van der Waals surface area contributed by atoms with Gasteiger partial charge in [-0.25, -0.2) is 0 Å². The zero-order chi connectivity index (χ0) is 44.4. The van der Waals surface area contributed by atoms with Gasteiger partial charge in [0.25, 0.3) is 0 Å². The van der Waals surface area contributed by atoms with Gasteiger partial charge in [-0.3, -0.25) is 9.97 Å². The van der Waals surface area contributed by atoms with Crippen LogP contribution in [0.1, 0.15) is 45.7 Å². The standard InChI is InChI=1S/C62H41N3OS/c1-39-31-33-64-56(34-39)48-14-5-3-2-4-12-46(48)42-21-27-59-52(36-42)53-38-44(24-28-60(53)66-59)65-57-18-9-8-16-49(57)51-35-41(20-26-58(51)65)40-19-25-50-54-37-43(23-30-62(54)67-61(50)29-22-40)45-13-6-7-15-47(45)55-17-10-11-32-63-55/h2-3,6-18,20-38H,4-5H2,1H3/b3-2-,46-12?,48-14?. The molecule has 0 N–H and O–H groups in total. The lowest BCUT2D eigenvalue weighted by Crippen LogP contribution is -1.96. The largest absolute Gasteiger partial charge is 0.456 e. The van der Waals surface area contributed by atoms with Crippen molar-refractivity contribution in [2.24, 2.45) is 0 Å². The third kappa shape index (κ3) is 6.75. The molecule has 4 nitrogen and oxygen atoms in total. The molecule has 0 unspecified atom stereocenters. The molecule has 0 saturated heterocycles. The second-order valence-corrected chi connectivity index (χ2v) is 18.4. The van der Waals surface area contributed by atoms with Crippen LogP contribution in [0.25, 0.3) is 111 Å². The number of hydrogen-bond acceptors (Lipinski definition) is 4. The molecule has 5 aromatic heterocycles. The molecule has 0 saturated carbocycles. The van der Waals surface area contributed by atoms with Crippen molar-refractivity contribution < 1.29 is 4.42 Å². The highest BCUT2D eigenvalue weighted by Crippen LogP contribution is 2.42.